The van der Waals surface area contributed by atoms with Gasteiger partial charge in [0, 0.05) is 13.0 Å². The van der Waals surface area contributed by atoms with Crippen LogP contribution in [-0.2, 0) is 22.6 Å². The van der Waals surface area contributed by atoms with Gasteiger partial charge in [0.15, 0.2) is 0 Å². The second-order valence-corrected chi connectivity index (χ2v) is 6.25. The largest absolute Gasteiger partial charge is 0.341 e. The van der Waals surface area contributed by atoms with Crippen molar-refractivity contribution in [3.63, 3.8) is 0 Å². The third-order valence-electron chi connectivity index (χ3n) is 4.49. The van der Waals surface area contributed by atoms with Crippen LogP contribution in [0.2, 0.25) is 0 Å². The molecule has 0 aliphatic carbocycles. The van der Waals surface area contributed by atoms with E-state index < -0.39 is 17.8 Å². The van der Waals surface area contributed by atoms with Gasteiger partial charge in [-0.1, -0.05) is 43.3 Å². The van der Waals surface area contributed by atoms with Crippen molar-refractivity contribution in [2.75, 3.05) is 11.9 Å². The Morgan fingerprint density at radius 2 is 1.96 bits per heavy atom. The minimum Gasteiger partial charge on any atom is -0.341 e. The van der Waals surface area contributed by atoms with Gasteiger partial charge < -0.3 is 16.0 Å². The second-order valence-electron chi connectivity index (χ2n) is 6.25. The van der Waals surface area contributed by atoms with E-state index in [0.29, 0.717) is 30.6 Å². The summed E-state index contributed by atoms with van der Waals surface area (Å²) < 4.78 is 14.8. The van der Waals surface area contributed by atoms with Gasteiger partial charge >= 0.3 is 0 Å². The zero-order chi connectivity index (χ0) is 18.5. The van der Waals surface area contributed by atoms with E-state index in [-0.39, 0.29) is 18.0 Å². The number of amides is 2. The van der Waals surface area contributed by atoms with Crippen LogP contribution < -0.4 is 16.0 Å². The molecule has 1 atom stereocenters. The average Bonchev–Trinajstić information content (AvgIpc) is 2.68. The lowest BCUT2D eigenvalue weighted by atomic mass is 9.99. The van der Waals surface area contributed by atoms with Gasteiger partial charge in [0.05, 0.1) is 5.69 Å². The first-order chi connectivity index (χ1) is 12.6. The quantitative estimate of drug-likeness (QED) is 0.772. The summed E-state index contributed by atoms with van der Waals surface area (Å²) in [5.41, 5.74) is 2.33. The minimum absolute atomic E-state index is 0.141. The number of hydrogen-bond donors (Lipinski definition) is 3. The van der Waals surface area contributed by atoms with Crippen LogP contribution in [0.4, 0.5) is 10.1 Å². The summed E-state index contributed by atoms with van der Waals surface area (Å²) in [6.07, 6.45) is 0.844. The molecular weight excluding hydrogens is 333 g/mol. The first kappa shape index (κ1) is 18.1. The topological polar surface area (TPSA) is 70.2 Å². The Hall–Kier alpha value is -2.73. The van der Waals surface area contributed by atoms with Crippen LogP contribution in [0.1, 0.15) is 36.1 Å². The number of benzene rings is 2. The van der Waals surface area contributed by atoms with Crippen LogP contribution in [0.3, 0.4) is 0 Å². The van der Waals surface area contributed by atoms with E-state index in [1.807, 2.05) is 12.1 Å². The van der Waals surface area contributed by atoms with E-state index in [0.717, 1.165) is 5.56 Å². The van der Waals surface area contributed by atoms with Crippen LogP contribution in [0, 0.1) is 5.82 Å². The SMILES string of the molecule is CCC(=O)NC(C(=O)Nc1ccc2c(c1F)CCNC2)c1ccccc1. The predicted octanol–water partition coefficient (Wildman–Crippen LogP) is 2.68. The van der Waals surface area contributed by atoms with Crippen LogP contribution in [0.25, 0.3) is 0 Å². The van der Waals surface area contributed by atoms with Gasteiger partial charge in [0.25, 0.3) is 5.91 Å². The fourth-order valence-corrected chi connectivity index (χ4v) is 3.04. The molecule has 0 radical (unpaired) electrons. The van der Waals surface area contributed by atoms with Crippen molar-refractivity contribution < 1.29 is 14.0 Å². The summed E-state index contributed by atoms with van der Waals surface area (Å²) >= 11 is 0. The van der Waals surface area contributed by atoms with Gasteiger partial charge in [-0.05, 0) is 35.7 Å². The molecule has 3 N–H and O–H groups in total. The normalized spacial score (nSPS) is 14.2. The maximum atomic E-state index is 14.8. The number of carbonyl (C=O) groups excluding carboxylic acids is 2. The monoisotopic (exact) mass is 355 g/mol. The molecule has 2 aromatic carbocycles. The lowest BCUT2D eigenvalue weighted by molar-refractivity contribution is -0.126. The van der Waals surface area contributed by atoms with Crippen LogP contribution >= 0.6 is 0 Å². The second kappa shape index (κ2) is 8.10. The minimum atomic E-state index is -0.874. The van der Waals surface area contributed by atoms with Gasteiger partial charge in [-0.15, -0.1) is 0 Å². The van der Waals surface area contributed by atoms with E-state index in [4.69, 9.17) is 0 Å². The molecule has 2 amide bonds. The molecule has 26 heavy (non-hydrogen) atoms. The molecule has 0 saturated heterocycles. The Labute approximate surface area is 152 Å². The summed E-state index contributed by atoms with van der Waals surface area (Å²) in [6.45, 7) is 3.05. The molecular formula is C20H22FN3O2. The van der Waals surface area contributed by atoms with Gasteiger partial charge in [-0.2, -0.15) is 0 Å². The van der Waals surface area contributed by atoms with Crippen molar-refractivity contribution in [1.29, 1.82) is 0 Å². The number of fused-ring (bicyclic) bond motifs is 1. The summed E-state index contributed by atoms with van der Waals surface area (Å²) in [6, 6.07) is 11.5. The molecule has 136 valence electrons. The van der Waals surface area contributed by atoms with Gasteiger partial charge in [-0.3, -0.25) is 9.59 Å². The Morgan fingerprint density at radius 3 is 2.69 bits per heavy atom. The zero-order valence-corrected chi connectivity index (χ0v) is 14.6. The lowest BCUT2D eigenvalue weighted by Crippen LogP contribution is -2.37. The van der Waals surface area contributed by atoms with Crippen LogP contribution in [0.15, 0.2) is 42.5 Å². The molecule has 6 heteroatoms. The molecule has 0 fully saturated rings. The van der Waals surface area contributed by atoms with Crippen molar-refractivity contribution in [2.45, 2.75) is 32.4 Å². The summed E-state index contributed by atoms with van der Waals surface area (Å²) in [5.74, 6) is -1.11. The number of halogens is 1. The number of carbonyl (C=O) groups is 2. The molecule has 0 aromatic heterocycles. The Kier molecular flexibility index (Phi) is 5.63. The molecule has 1 aliphatic heterocycles. The first-order valence-electron chi connectivity index (χ1n) is 8.76. The van der Waals surface area contributed by atoms with Gasteiger partial charge in [0.2, 0.25) is 5.91 Å². The van der Waals surface area contributed by atoms with Crippen molar-refractivity contribution in [3.05, 3.63) is 65.0 Å². The number of rotatable bonds is 5. The standard InChI is InChI=1S/C20H22FN3O2/c1-2-17(25)24-19(13-6-4-3-5-7-13)20(26)23-16-9-8-14-12-22-11-10-15(14)18(16)21/h3-9,19,22H,2,10-12H2,1H3,(H,23,26)(H,24,25). The maximum Gasteiger partial charge on any atom is 0.251 e. The summed E-state index contributed by atoms with van der Waals surface area (Å²) in [4.78, 5) is 24.6. The molecule has 0 spiro atoms. The smallest absolute Gasteiger partial charge is 0.251 e. The van der Waals surface area contributed by atoms with E-state index in [2.05, 4.69) is 16.0 Å². The van der Waals surface area contributed by atoms with Crippen molar-refractivity contribution in [3.8, 4) is 0 Å². The maximum absolute atomic E-state index is 14.8. The lowest BCUT2D eigenvalue weighted by Gasteiger charge is -2.22. The Balaban J connectivity index is 1.85. The molecule has 1 aliphatic rings. The van der Waals surface area contributed by atoms with Crippen LogP contribution in [-0.4, -0.2) is 18.4 Å². The molecule has 1 unspecified atom stereocenters. The van der Waals surface area contributed by atoms with Crippen molar-refractivity contribution in [2.24, 2.45) is 0 Å². The molecule has 2 aromatic rings. The fraction of sp³-hybridized carbons (Fsp3) is 0.300. The highest BCUT2D eigenvalue weighted by Crippen LogP contribution is 2.25. The van der Waals surface area contributed by atoms with Crippen molar-refractivity contribution in [1.82, 2.24) is 10.6 Å². The Bertz CT molecular complexity index is 808. The van der Waals surface area contributed by atoms with Gasteiger partial charge in [0.1, 0.15) is 11.9 Å². The molecule has 0 bridgehead atoms. The number of nitrogens with one attached hydrogen (secondary N) is 3. The molecule has 0 saturated carbocycles. The summed E-state index contributed by atoms with van der Waals surface area (Å²) in [7, 11) is 0. The molecule has 5 nitrogen and oxygen atoms in total. The van der Waals surface area contributed by atoms with E-state index >= 15 is 0 Å². The molecule has 3 rings (SSSR count). The van der Waals surface area contributed by atoms with E-state index in [1.54, 1.807) is 37.3 Å². The van der Waals surface area contributed by atoms with Gasteiger partial charge in [-0.25, -0.2) is 4.39 Å². The van der Waals surface area contributed by atoms with E-state index in [9.17, 15) is 14.0 Å². The Morgan fingerprint density at radius 1 is 1.19 bits per heavy atom. The highest BCUT2D eigenvalue weighted by atomic mass is 19.1. The third kappa shape index (κ3) is 3.91. The van der Waals surface area contributed by atoms with E-state index in [1.165, 1.54) is 0 Å². The third-order valence-corrected chi connectivity index (χ3v) is 4.49. The average molecular weight is 355 g/mol. The fourth-order valence-electron chi connectivity index (χ4n) is 3.04. The summed E-state index contributed by atoms with van der Waals surface area (Å²) in [5, 5.41) is 8.54. The van der Waals surface area contributed by atoms with Crippen LogP contribution in [0.5, 0.6) is 0 Å². The molecule has 1 heterocycles. The zero-order valence-electron chi connectivity index (χ0n) is 14.6. The highest BCUT2D eigenvalue weighted by molar-refractivity contribution is 5.98. The number of anilines is 1. The predicted molar refractivity (Wildman–Crippen MR) is 98.1 cm³/mol. The first-order valence-corrected chi connectivity index (χ1v) is 8.76. The highest BCUT2D eigenvalue weighted by Gasteiger charge is 2.24. The number of hydrogen-bond acceptors (Lipinski definition) is 3. The van der Waals surface area contributed by atoms with Crippen molar-refractivity contribution >= 4 is 17.5 Å².